The van der Waals surface area contributed by atoms with Gasteiger partial charge in [0.1, 0.15) is 0 Å². The number of fused-ring (bicyclic) bond motifs is 5. The fourth-order valence-corrected chi connectivity index (χ4v) is 3.51. The molecule has 108 valence electrons. The highest BCUT2D eigenvalue weighted by Crippen LogP contribution is 2.32. The molecule has 1 nitrogen and oxygen atoms in total. The van der Waals surface area contributed by atoms with E-state index in [-0.39, 0.29) is 0 Å². The summed E-state index contributed by atoms with van der Waals surface area (Å²) in [7, 11) is 0. The van der Waals surface area contributed by atoms with Crippen molar-refractivity contribution in [1.82, 2.24) is 0 Å². The highest BCUT2D eigenvalue weighted by atomic mass is 14.5. The number of nitrogen functional groups attached to an aromatic ring is 1. The Balaban J connectivity index is 1.98. The Morgan fingerprint density at radius 1 is 0.435 bits per heavy atom. The second kappa shape index (κ2) is 4.47. The lowest BCUT2D eigenvalue weighted by Crippen LogP contribution is -1.85. The number of hydrogen-bond donors (Lipinski definition) is 1. The van der Waals surface area contributed by atoms with Crippen LogP contribution >= 0.6 is 0 Å². The average molecular weight is 293 g/mol. The molecule has 0 aliphatic carbocycles. The molecule has 0 radical (unpaired) electrons. The second-order valence-corrected chi connectivity index (χ2v) is 6.17. The first-order valence-electron chi connectivity index (χ1n) is 7.82. The molecule has 0 saturated heterocycles. The molecule has 0 spiro atoms. The number of benzene rings is 5. The Hall–Kier alpha value is -3.06. The van der Waals surface area contributed by atoms with Gasteiger partial charge in [0.25, 0.3) is 0 Å². The largest absolute Gasteiger partial charge is 0.399 e. The zero-order chi connectivity index (χ0) is 15.4. The second-order valence-electron chi connectivity index (χ2n) is 6.17. The standard InChI is InChI=1S/C22H15N/c23-20-8-7-16-10-18-6-5-17-9-14-3-1-2-4-15(14)12-21(17)22(18)13-19(16)11-20/h1-13H,23H2. The third-order valence-corrected chi connectivity index (χ3v) is 4.68. The van der Waals surface area contributed by atoms with Gasteiger partial charge in [0.2, 0.25) is 0 Å². The fraction of sp³-hybridized carbons (Fsp3) is 0. The van der Waals surface area contributed by atoms with Crippen LogP contribution in [0.5, 0.6) is 0 Å². The number of anilines is 1. The van der Waals surface area contributed by atoms with Crippen molar-refractivity contribution < 1.29 is 0 Å². The zero-order valence-corrected chi connectivity index (χ0v) is 12.6. The molecule has 0 bridgehead atoms. The van der Waals surface area contributed by atoms with E-state index in [4.69, 9.17) is 5.73 Å². The van der Waals surface area contributed by atoms with Gasteiger partial charge in [-0.2, -0.15) is 0 Å². The molecule has 0 saturated carbocycles. The lowest BCUT2D eigenvalue weighted by Gasteiger charge is -2.08. The third-order valence-electron chi connectivity index (χ3n) is 4.68. The van der Waals surface area contributed by atoms with E-state index in [1.165, 1.54) is 43.1 Å². The summed E-state index contributed by atoms with van der Waals surface area (Å²) in [4.78, 5) is 0. The lowest BCUT2D eigenvalue weighted by atomic mass is 9.96. The fourth-order valence-electron chi connectivity index (χ4n) is 3.51. The molecule has 5 aromatic carbocycles. The summed E-state index contributed by atoms with van der Waals surface area (Å²) in [5.41, 5.74) is 6.76. The predicted octanol–water partition coefficient (Wildman–Crippen LogP) is 5.88. The van der Waals surface area contributed by atoms with Crippen LogP contribution in [0.3, 0.4) is 0 Å². The summed E-state index contributed by atoms with van der Waals surface area (Å²) >= 11 is 0. The molecule has 0 amide bonds. The summed E-state index contributed by atoms with van der Waals surface area (Å²) in [6, 6.07) is 28.1. The summed E-state index contributed by atoms with van der Waals surface area (Å²) in [6.07, 6.45) is 0. The van der Waals surface area contributed by atoms with Crippen molar-refractivity contribution >= 4 is 48.8 Å². The van der Waals surface area contributed by atoms with E-state index in [9.17, 15) is 0 Å². The van der Waals surface area contributed by atoms with E-state index < -0.39 is 0 Å². The molecule has 5 aromatic rings. The minimum atomic E-state index is 0.808. The minimum absolute atomic E-state index is 0.808. The van der Waals surface area contributed by atoms with Crippen molar-refractivity contribution in [2.75, 3.05) is 5.73 Å². The summed E-state index contributed by atoms with van der Waals surface area (Å²) in [6.45, 7) is 0. The molecule has 0 heterocycles. The van der Waals surface area contributed by atoms with Crippen LogP contribution in [0.1, 0.15) is 0 Å². The maximum atomic E-state index is 5.95. The van der Waals surface area contributed by atoms with Crippen molar-refractivity contribution in [1.29, 1.82) is 0 Å². The maximum Gasteiger partial charge on any atom is 0.0320 e. The van der Waals surface area contributed by atoms with E-state index >= 15 is 0 Å². The number of hydrogen-bond acceptors (Lipinski definition) is 1. The van der Waals surface area contributed by atoms with Gasteiger partial charge in [-0.15, -0.1) is 0 Å². The molecule has 0 aliphatic heterocycles. The minimum Gasteiger partial charge on any atom is -0.399 e. The molecule has 0 unspecified atom stereocenters. The molecular formula is C22H15N. The van der Waals surface area contributed by atoms with Gasteiger partial charge in [0.05, 0.1) is 0 Å². The van der Waals surface area contributed by atoms with E-state index in [2.05, 4.69) is 72.8 Å². The predicted molar refractivity (Wildman–Crippen MR) is 101 cm³/mol. The summed E-state index contributed by atoms with van der Waals surface area (Å²) in [5, 5.41) is 10.1. The summed E-state index contributed by atoms with van der Waals surface area (Å²) < 4.78 is 0. The average Bonchev–Trinajstić information content (AvgIpc) is 2.58. The van der Waals surface area contributed by atoms with Crippen molar-refractivity contribution in [2.24, 2.45) is 0 Å². The Bertz CT molecular complexity index is 1220. The first kappa shape index (κ1) is 12.5. The Morgan fingerprint density at radius 2 is 0.957 bits per heavy atom. The van der Waals surface area contributed by atoms with E-state index in [0.29, 0.717) is 0 Å². The highest BCUT2D eigenvalue weighted by Gasteiger charge is 2.05. The van der Waals surface area contributed by atoms with Crippen molar-refractivity contribution in [3.8, 4) is 0 Å². The molecule has 2 N–H and O–H groups in total. The van der Waals surface area contributed by atoms with Crippen molar-refractivity contribution in [2.45, 2.75) is 0 Å². The van der Waals surface area contributed by atoms with Gasteiger partial charge >= 0.3 is 0 Å². The molecule has 0 atom stereocenters. The third kappa shape index (κ3) is 1.87. The molecule has 1 heteroatoms. The summed E-state index contributed by atoms with van der Waals surface area (Å²) in [5.74, 6) is 0. The van der Waals surface area contributed by atoms with Crippen LogP contribution in [0.15, 0.2) is 78.9 Å². The van der Waals surface area contributed by atoms with E-state index in [1.807, 2.05) is 6.07 Å². The lowest BCUT2D eigenvalue weighted by molar-refractivity contribution is 1.75. The van der Waals surface area contributed by atoms with Gasteiger partial charge in [-0.1, -0.05) is 42.5 Å². The van der Waals surface area contributed by atoms with E-state index in [1.54, 1.807) is 0 Å². The molecule has 0 fully saturated rings. The van der Waals surface area contributed by atoms with Crippen LogP contribution in [-0.2, 0) is 0 Å². The first-order chi connectivity index (χ1) is 11.3. The molecule has 5 rings (SSSR count). The smallest absolute Gasteiger partial charge is 0.0320 e. The van der Waals surface area contributed by atoms with Crippen LogP contribution < -0.4 is 5.73 Å². The molecule has 0 aliphatic rings. The molecule has 0 aromatic heterocycles. The van der Waals surface area contributed by atoms with Crippen LogP contribution in [0.25, 0.3) is 43.1 Å². The van der Waals surface area contributed by atoms with Gasteiger partial charge in [-0.05, 0) is 79.5 Å². The van der Waals surface area contributed by atoms with Crippen LogP contribution in [-0.4, -0.2) is 0 Å². The number of nitrogens with two attached hydrogens (primary N) is 1. The van der Waals surface area contributed by atoms with Crippen LogP contribution in [0.2, 0.25) is 0 Å². The molecule has 23 heavy (non-hydrogen) atoms. The first-order valence-corrected chi connectivity index (χ1v) is 7.82. The normalized spacial score (nSPS) is 11.7. The van der Waals surface area contributed by atoms with Crippen molar-refractivity contribution in [3.63, 3.8) is 0 Å². The van der Waals surface area contributed by atoms with Crippen LogP contribution in [0.4, 0.5) is 5.69 Å². The zero-order valence-electron chi connectivity index (χ0n) is 12.6. The van der Waals surface area contributed by atoms with Gasteiger partial charge < -0.3 is 5.73 Å². The van der Waals surface area contributed by atoms with Gasteiger partial charge in [0, 0.05) is 5.69 Å². The Morgan fingerprint density at radius 3 is 1.65 bits per heavy atom. The quantitative estimate of drug-likeness (QED) is 0.215. The maximum absolute atomic E-state index is 5.95. The van der Waals surface area contributed by atoms with Crippen molar-refractivity contribution in [3.05, 3.63) is 78.9 Å². The monoisotopic (exact) mass is 293 g/mol. The Kier molecular flexibility index (Phi) is 2.42. The number of rotatable bonds is 0. The van der Waals surface area contributed by atoms with Crippen LogP contribution in [0, 0.1) is 0 Å². The van der Waals surface area contributed by atoms with Gasteiger partial charge in [-0.25, -0.2) is 0 Å². The topological polar surface area (TPSA) is 26.0 Å². The van der Waals surface area contributed by atoms with E-state index in [0.717, 1.165) is 5.69 Å². The SMILES string of the molecule is Nc1ccc2cc3ccc4cc5ccccc5cc4c3cc2c1. The van der Waals surface area contributed by atoms with Gasteiger partial charge in [-0.3, -0.25) is 0 Å². The van der Waals surface area contributed by atoms with Gasteiger partial charge in [0.15, 0.2) is 0 Å². The molecular weight excluding hydrogens is 278 g/mol. The highest BCUT2D eigenvalue weighted by molar-refractivity contribution is 6.15. The Labute approximate surface area is 133 Å².